The van der Waals surface area contributed by atoms with Crippen LogP contribution < -0.4 is 5.56 Å². The van der Waals surface area contributed by atoms with Gasteiger partial charge in [-0.05, 0) is 31.9 Å². The Morgan fingerprint density at radius 1 is 1.16 bits per heavy atom. The van der Waals surface area contributed by atoms with Crippen LogP contribution in [0.4, 0.5) is 11.4 Å². The van der Waals surface area contributed by atoms with Crippen LogP contribution in [0.2, 0.25) is 0 Å². The summed E-state index contributed by atoms with van der Waals surface area (Å²) in [6, 6.07) is 11.0. The quantitative estimate of drug-likeness (QED) is 0.827. The maximum atomic E-state index is 12.9. The fourth-order valence-corrected chi connectivity index (χ4v) is 3.31. The highest BCUT2D eigenvalue weighted by Gasteiger charge is 2.25. The Kier molecular flexibility index (Phi) is 4.94. The van der Waals surface area contributed by atoms with Gasteiger partial charge in [0.15, 0.2) is 5.69 Å². The van der Waals surface area contributed by atoms with E-state index in [0.29, 0.717) is 11.3 Å². The number of hydrogen-bond donors (Lipinski definition) is 1. The molecule has 128 valence electrons. The lowest BCUT2D eigenvalue weighted by Crippen LogP contribution is -2.27. The van der Waals surface area contributed by atoms with E-state index in [-0.39, 0.29) is 28.7 Å². The highest BCUT2D eigenvalue weighted by molar-refractivity contribution is 5.57. The normalized spacial score (nSPS) is 15.4. The third-order valence-electron chi connectivity index (χ3n) is 4.68. The summed E-state index contributed by atoms with van der Waals surface area (Å²) >= 11 is 0. The summed E-state index contributed by atoms with van der Waals surface area (Å²) in [4.78, 5) is 12.9. The van der Waals surface area contributed by atoms with Gasteiger partial charge in [0.25, 0.3) is 5.56 Å². The third-order valence-corrected chi connectivity index (χ3v) is 4.68. The molecule has 1 aromatic carbocycles. The molecule has 25 heavy (non-hydrogen) atoms. The predicted molar refractivity (Wildman–Crippen MR) is 94.6 cm³/mol. The van der Waals surface area contributed by atoms with Crippen molar-refractivity contribution in [3.63, 3.8) is 0 Å². The van der Waals surface area contributed by atoms with Crippen molar-refractivity contribution < 1.29 is 5.11 Å². The number of nitriles is 1. The van der Waals surface area contributed by atoms with E-state index in [1.165, 1.54) is 4.57 Å². The molecule has 1 N–H and O–H groups in total. The van der Waals surface area contributed by atoms with Gasteiger partial charge in [-0.2, -0.15) is 10.4 Å². The summed E-state index contributed by atoms with van der Waals surface area (Å²) in [7, 11) is 0. The molecule has 1 aliphatic rings. The number of aromatic nitrogens is 1. The van der Waals surface area contributed by atoms with Gasteiger partial charge in [-0.3, -0.25) is 9.36 Å². The molecule has 0 aliphatic heterocycles. The van der Waals surface area contributed by atoms with Gasteiger partial charge < -0.3 is 5.11 Å². The molecule has 0 atom stereocenters. The summed E-state index contributed by atoms with van der Waals surface area (Å²) in [5, 5.41) is 28.1. The van der Waals surface area contributed by atoms with Crippen LogP contribution in [0.5, 0.6) is 5.88 Å². The Labute approximate surface area is 146 Å². The minimum atomic E-state index is -0.388. The standard InChI is InChI=1S/C19H20N4O2/c1-13-16(12-20)18(24)23(15-10-6-3-7-11-15)19(25)17(13)22-21-14-8-4-2-5-9-14/h2,4-5,8-9,15,24H,3,6-7,10-11H2,1H3. The molecule has 0 unspecified atom stereocenters. The van der Waals surface area contributed by atoms with Crippen LogP contribution >= 0.6 is 0 Å². The van der Waals surface area contributed by atoms with Gasteiger partial charge >= 0.3 is 0 Å². The molecule has 0 bridgehead atoms. The molecule has 1 heterocycles. The zero-order valence-corrected chi connectivity index (χ0v) is 14.1. The first kappa shape index (κ1) is 16.9. The van der Waals surface area contributed by atoms with Crippen molar-refractivity contribution in [2.75, 3.05) is 0 Å². The van der Waals surface area contributed by atoms with Crippen LogP contribution in [0.1, 0.15) is 49.3 Å². The van der Waals surface area contributed by atoms with Crippen LogP contribution in [0.3, 0.4) is 0 Å². The fraction of sp³-hybridized carbons (Fsp3) is 0.368. The molecule has 6 nitrogen and oxygen atoms in total. The number of rotatable bonds is 3. The molecule has 0 amide bonds. The molecule has 1 aliphatic carbocycles. The fourth-order valence-electron chi connectivity index (χ4n) is 3.31. The highest BCUT2D eigenvalue weighted by atomic mass is 16.3. The van der Waals surface area contributed by atoms with E-state index < -0.39 is 0 Å². The first-order valence-electron chi connectivity index (χ1n) is 8.48. The second kappa shape index (κ2) is 7.31. The van der Waals surface area contributed by atoms with Crippen LogP contribution in [-0.4, -0.2) is 9.67 Å². The first-order chi connectivity index (χ1) is 12.1. The molecule has 2 aromatic rings. The number of benzene rings is 1. The van der Waals surface area contributed by atoms with Crippen molar-refractivity contribution in [3.05, 3.63) is 51.8 Å². The van der Waals surface area contributed by atoms with E-state index in [1.54, 1.807) is 19.1 Å². The molecular formula is C19H20N4O2. The Hall–Kier alpha value is -2.94. The van der Waals surface area contributed by atoms with Crippen molar-refractivity contribution in [2.45, 2.75) is 45.1 Å². The smallest absolute Gasteiger partial charge is 0.281 e. The average molecular weight is 336 g/mol. The Morgan fingerprint density at radius 2 is 1.84 bits per heavy atom. The minimum absolute atomic E-state index is 0.0900. The summed E-state index contributed by atoms with van der Waals surface area (Å²) in [6.45, 7) is 1.62. The summed E-state index contributed by atoms with van der Waals surface area (Å²) < 4.78 is 1.34. The van der Waals surface area contributed by atoms with Gasteiger partial charge in [0.1, 0.15) is 11.6 Å². The van der Waals surface area contributed by atoms with E-state index in [1.807, 2.05) is 24.3 Å². The maximum absolute atomic E-state index is 12.9. The monoisotopic (exact) mass is 336 g/mol. The van der Waals surface area contributed by atoms with E-state index in [2.05, 4.69) is 10.2 Å². The van der Waals surface area contributed by atoms with Crippen molar-refractivity contribution in [3.8, 4) is 11.9 Å². The Morgan fingerprint density at radius 3 is 2.48 bits per heavy atom. The summed E-state index contributed by atoms with van der Waals surface area (Å²) in [6.07, 6.45) is 4.78. The molecule has 0 spiro atoms. The highest BCUT2D eigenvalue weighted by Crippen LogP contribution is 2.34. The van der Waals surface area contributed by atoms with E-state index in [4.69, 9.17) is 0 Å². The molecule has 0 saturated heterocycles. The van der Waals surface area contributed by atoms with Crippen LogP contribution in [0.15, 0.2) is 45.4 Å². The minimum Gasteiger partial charge on any atom is -0.493 e. The molecule has 1 fully saturated rings. The molecular weight excluding hydrogens is 316 g/mol. The van der Waals surface area contributed by atoms with Crippen molar-refractivity contribution >= 4 is 11.4 Å². The summed E-state index contributed by atoms with van der Waals surface area (Å²) in [5.41, 5.74) is 0.797. The van der Waals surface area contributed by atoms with Crippen LogP contribution in [0.25, 0.3) is 0 Å². The van der Waals surface area contributed by atoms with Crippen molar-refractivity contribution in [1.29, 1.82) is 5.26 Å². The first-order valence-corrected chi connectivity index (χ1v) is 8.48. The van der Waals surface area contributed by atoms with E-state index in [9.17, 15) is 15.2 Å². The second-order valence-electron chi connectivity index (χ2n) is 6.29. The van der Waals surface area contributed by atoms with Gasteiger partial charge in [0.2, 0.25) is 5.88 Å². The second-order valence-corrected chi connectivity index (χ2v) is 6.29. The lowest BCUT2D eigenvalue weighted by molar-refractivity contribution is 0.303. The Bertz CT molecular complexity index is 888. The number of hydrogen-bond acceptors (Lipinski definition) is 5. The Balaban J connectivity index is 2.13. The number of aromatic hydroxyl groups is 1. The number of azo groups is 1. The third kappa shape index (κ3) is 3.31. The molecule has 0 radical (unpaired) electrons. The predicted octanol–water partition coefficient (Wildman–Crippen LogP) is 4.65. The zero-order valence-electron chi connectivity index (χ0n) is 14.1. The topological polar surface area (TPSA) is 90.7 Å². The summed E-state index contributed by atoms with van der Waals surface area (Å²) in [5.74, 6) is -0.254. The van der Waals surface area contributed by atoms with Gasteiger partial charge in [-0.1, -0.05) is 37.5 Å². The van der Waals surface area contributed by atoms with E-state index in [0.717, 1.165) is 32.1 Å². The van der Waals surface area contributed by atoms with Gasteiger partial charge in [0, 0.05) is 11.6 Å². The number of nitrogens with zero attached hydrogens (tertiary/aromatic N) is 4. The molecule has 3 rings (SSSR count). The SMILES string of the molecule is Cc1c(C#N)c(O)n(C2CCCCC2)c(=O)c1N=Nc1ccccc1. The van der Waals surface area contributed by atoms with Crippen LogP contribution in [-0.2, 0) is 0 Å². The lowest BCUT2D eigenvalue weighted by atomic mass is 9.94. The van der Waals surface area contributed by atoms with Crippen LogP contribution in [0, 0.1) is 18.3 Å². The van der Waals surface area contributed by atoms with E-state index >= 15 is 0 Å². The van der Waals surface area contributed by atoms with Gasteiger partial charge in [-0.25, -0.2) is 0 Å². The molecule has 1 saturated carbocycles. The zero-order chi connectivity index (χ0) is 17.8. The van der Waals surface area contributed by atoms with Gasteiger partial charge in [0.05, 0.1) is 5.69 Å². The van der Waals surface area contributed by atoms with Crippen molar-refractivity contribution in [1.82, 2.24) is 4.57 Å². The average Bonchev–Trinajstić information content (AvgIpc) is 2.64. The molecule has 6 heteroatoms. The largest absolute Gasteiger partial charge is 0.493 e. The number of pyridine rings is 1. The van der Waals surface area contributed by atoms with Crippen molar-refractivity contribution in [2.24, 2.45) is 10.2 Å². The molecule has 1 aromatic heterocycles. The maximum Gasteiger partial charge on any atom is 0.281 e. The lowest BCUT2D eigenvalue weighted by Gasteiger charge is -2.25. The van der Waals surface area contributed by atoms with Gasteiger partial charge in [-0.15, -0.1) is 5.11 Å².